The Labute approximate surface area is 156 Å². The molecule has 7 nitrogen and oxygen atoms in total. The molecule has 2 N–H and O–H groups in total. The van der Waals surface area contributed by atoms with E-state index in [2.05, 4.69) is 6.58 Å². The van der Waals surface area contributed by atoms with Gasteiger partial charge in [-0.15, -0.1) is 0 Å². The molecule has 0 amide bonds. The van der Waals surface area contributed by atoms with Gasteiger partial charge in [-0.25, -0.2) is 0 Å². The lowest BCUT2D eigenvalue weighted by molar-refractivity contribution is -0.167. The quantitative estimate of drug-likeness (QED) is 0.386. The summed E-state index contributed by atoms with van der Waals surface area (Å²) in [5.74, 6) is -3.75. The molecule has 0 aromatic carbocycles. The number of Topliss-reactive ketones (excluding diaryl/α,β-unsaturated/α-hetero) is 1. The molecular formula is C20H22O7. The minimum atomic E-state index is -1.36. The van der Waals surface area contributed by atoms with Gasteiger partial charge in [0.1, 0.15) is 11.0 Å². The molecule has 3 saturated carbocycles. The van der Waals surface area contributed by atoms with Gasteiger partial charge >= 0.3 is 11.9 Å². The van der Waals surface area contributed by atoms with Crippen molar-refractivity contribution in [3.8, 4) is 0 Å². The van der Waals surface area contributed by atoms with E-state index in [0.29, 0.717) is 12.8 Å². The zero-order valence-electron chi connectivity index (χ0n) is 15.2. The van der Waals surface area contributed by atoms with Crippen molar-refractivity contribution < 1.29 is 34.1 Å². The highest BCUT2D eigenvalue weighted by Crippen LogP contribution is 2.76. The molecule has 4 bridgehead atoms. The number of carbonyl (C=O) groups is 3. The van der Waals surface area contributed by atoms with E-state index in [1.165, 1.54) is 13.2 Å². The molecular weight excluding hydrogens is 352 g/mol. The molecule has 8 atom stereocenters. The van der Waals surface area contributed by atoms with Gasteiger partial charge in [-0.3, -0.25) is 14.4 Å². The van der Waals surface area contributed by atoms with Crippen molar-refractivity contribution in [3.63, 3.8) is 0 Å². The number of ether oxygens (including phenoxy) is 2. The Morgan fingerprint density at radius 3 is 2.78 bits per heavy atom. The van der Waals surface area contributed by atoms with Gasteiger partial charge < -0.3 is 19.7 Å². The van der Waals surface area contributed by atoms with E-state index in [0.717, 1.165) is 0 Å². The molecule has 0 aromatic rings. The van der Waals surface area contributed by atoms with Crippen LogP contribution in [0.2, 0.25) is 0 Å². The summed E-state index contributed by atoms with van der Waals surface area (Å²) in [5, 5.41) is 21.6. The lowest BCUT2D eigenvalue weighted by atomic mass is 9.60. The second-order valence-corrected chi connectivity index (χ2v) is 8.96. The van der Waals surface area contributed by atoms with Crippen LogP contribution in [-0.4, -0.2) is 52.4 Å². The fourth-order valence-corrected chi connectivity index (χ4v) is 7.02. The average molecular weight is 374 g/mol. The summed E-state index contributed by atoms with van der Waals surface area (Å²) in [4.78, 5) is 39.2. The van der Waals surface area contributed by atoms with Gasteiger partial charge in [0.2, 0.25) is 0 Å². The molecule has 1 aliphatic heterocycles. The van der Waals surface area contributed by atoms with Gasteiger partial charge in [0, 0.05) is 17.4 Å². The van der Waals surface area contributed by atoms with Crippen molar-refractivity contribution in [1.29, 1.82) is 0 Å². The van der Waals surface area contributed by atoms with E-state index < -0.39 is 57.8 Å². The number of rotatable bonds is 1. The van der Waals surface area contributed by atoms with Crippen LogP contribution in [0.1, 0.15) is 26.2 Å². The Balaban J connectivity index is 1.82. The van der Waals surface area contributed by atoms with E-state index >= 15 is 0 Å². The van der Waals surface area contributed by atoms with Crippen LogP contribution in [-0.2, 0) is 23.9 Å². The molecule has 7 heteroatoms. The number of esters is 2. The third-order valence-electron chi connectivity index (χ3n) is 8.19. The first-order valence-corrected chi connectivity index (χ1v) is 9.25. The van der Waals surface area contributed by atoms with Crippen molar-refractivity contribution in [2.75, 3.05) is 7.11 Å². The highest BCUT2D eigenvalue weighted by atomic mass is 16.6. The molecule has 4 fully saturated rings. The first-order chi connectivity index (χ1) is 12.6. The number of methoxy groups -OCH3 is 1. The Morgan fingerprint density at radius 1 is 1.41 bits per heavy atom. The van der Waals surface area contributed by atoms with Gasteiger partial charge in [0.05, 0.1) is 30.1 Å². The minimum Gasteiger partial charge on any atom is -0.469 e. The second kappa shape index (κ2) is 4.52. The third-order valence-corrected chi connectivity index (χ3v) is 8.19. The van der Waals surface area contributed by atoms with Crippen molar-refractivity contribution in [3.05, 3.63) is 24.3 Å². The normalized spacial score (nSPS) is 54.6. The Morgan fingerprint density at radius 2 is 2.11 bits per heavy atom. The molecule has 27 heavy (non-hydrogen) atoms. The number of carbonyl (C=O) groups excluding carboxylic acids is 3. The largest absolute Gasteiger partial charge is 0.469 e. The van der Waals surface area contributed by atoms with Crippen molar-refractivity contribution in [1.82, 2.24) is 0 Å². The lowest BCUT2D eigenvalue weighted by Crippen LogP contribution is -2.51. The lowest BCUT2D eigenvalue weighted by Gasteiger charge is -2.43. The smallest absolute Gasteiger partial charge is 0.316 e. The van der Waals surface area contributed by atoms with Crippen LogP contribution in [0.4, 0.5) is 0 Å². The molecule has 1 spiro atoms. The molecule has 5 rings (SSSR count). The predicted octanol–water partition coefficient (Wildman–Crippen LogP) is 0.294. The van der Waals surface area contributed by atoms with Crippen molar-refractivity contribution >= 4 is 17.7 Å². The monoisotopic (exact) mass is 374 g/mol. The van der Waals surface area contributed by atoms with E-state index in [4.69, 9.17) is 9.47 Å². The fourth-order valence-electron chi connectivity index (χ4n) is 7.02. The molecule has 1 saturated heterocycles. The molecule has 144 valence electrons. The summed E-state index contributed by atoms with van der Waals surface area (Å²) in [6, 6.07) is 0. The van der Waals surface area contributed by atoms with Crippen LogP contribution in [0.5, 0.6) is 0 Å². The van der Waals surface area contributed by atoms with Gasteiger partial charge in [0.25, 0.3) is 0 Å². The molecule has 5 aliphatic rings. The Kier molecular flexibility index (Phi) is 2.87. The molecule has 1 heterocycles. The van der Waals surface area contributed by atoms with Crippen LogP contribution in [0.15, 0.2) is 24.3 Å². The average Bonchev–Trinajstić information content (AvgIpc) is 3.04. The van der Waals surface area contributed by atoms with Gasteiger partial charge in [-0.2, -0.15) is 0 Å². The molecule has 0 aromatic heterocycles. The summed E-state index contributed by atoms with van der Waals surface area (Å²) in [6.45, 7) is 5.41. The maximum Gasteiger partial charge on any atom is 0.316 e. The number of aliphatic hydroxyl groups excluding tert-OH is 1. The maximum absolute atomic E-state index is 13.4. The highest BCUT2D eigenvalue weighted by Gasteiger charge is 2.85. The summed E-state index contributed by atoms with van der Waals surface area (Å²) >= 11 is 0. The molecule has 0 unspecified atom stereocenters. The predicted molar refractivity (Wildman–Crippen MR) is 89.9 cm³/mol. The standard InChI is InChI=1S/C20H22O7/c1-9-14(22)19-8-18(9,25)6-4-10(19)20-7-5-11(21)17(2,16(24)27-20)13(20)12(19)15(23)26-3/h5,7,10-13,21,25H,1,4,6,8H2,2-3H3/t10-,11+,12-,13-,17+,18+,19-,20-/m1/s1. The van der Waals surface area contributed by atoms with Gasteiger partial charge in [0.15, 0.2) is 5.78 Å². The minimum absolute atomic E-state index is 0.0674. The van der Waals surface area contributed by atoms with E-state index in [-0.39, 0.29) is 17.8 Å². The molecule has 0 radical (unpaired) electrons. The SMILES string of the molecule is C=C1C(=O)[C@]23C[C@@]1(O)CC[C@H]2[C@@]12C=C[C@H](O)[C@](C)(C(=O)O1)[C@H]2[C@@H]3C(=O)OC. The number of aliphatic hydroxyl groups is 2. The first-order valence-electron chi connectivity index (χ1n) is 9.25. The maximum atomic E-state index is 13.4. The fraction of sp³-hybridized carbons (Fsp3) is 0.650. The van der Waals surface area contributed by atoms with E-state index in [1.807, 2.05) is 0 Å². The van der Waals surface area contributed by atoms with Crippen molar-refractivity contribution in [2.45, 2.75) is 43.5 Å². The van der Waals surface area contributed by atoms with E-state index in [9.17, 15) is 24.6 Å². The van der Waals surface area contributed by atoms with Crippen LogP contribution in [0.3, 0.4) is 0 Å². The zero-order valence-corrected chi connectivity index (χ0v) is 15.2. The summed E-state index contributed by atoms with van der Waals surface area (Å²) < 4.78 is 10.9. The highest BCUT2D eigenvalue weighted by molar-refractivity contribution is 6.08. The topological polar surface area (TPSA) is 110 Å². The first kappa shape index (κ1) is 17.1. The molecule has 4 aliphatic carbocycles. The zero-order chi connectivity index (χ0) is 19.6. The van der Waals surface area contributed by atoms with Crippen LogP contribution in [0.25, 0.3) is 0 Å². The van der Waals surface area contributed by atoms with Crippen LogP contribution >= 0.6 is 0 Å². The number of hydrogen-bond donors (Lipinski definition) is 2. The Bertz CT molecular complexity index is 860. The summed E-state index contributed by atoms with van der Waals surface area (Å²) in [6.07, 6.45) is 2.85. The number of hydrogen-bond acceptors (Lipinski definition) is 7. The van der Waals surface area contributed by atoms with Crippen LogP contribution < -0.4 is 0 Å². The number of fused-ring (bicyclic) bond motifs is 1. The van der Waals surface area contributed by atoms with E-state index in [1.54, 1.807) is 13.0 Å². The van der Waals surface area contributed by atoms with Crippen molar-refractivity contribution in [2.24, 2.45) is 28.6 Å². The third kappa shape index (κ3) is 1.47. The van der Waals surface area contributed by atoms with Gasteiger partial charge in [-0.1, -0.05) is 12.7 Å². The summed E-state index contributed by atoms with van der Waals surface area (Å²) in [5.41, 5.74) is -4.99. The summed E-state index contributed by atoms with van der Waals surface area (Å²) in [7, 11) is 1.24. The van der Waals surface area contributed by atoms with Gasteiger partial charge in [-0.05, 0) is 32.3 Å². The number of ketones is 1. The second-order valence-electron chi connectivity index (χ2n) is 8.96. The van der Waals surface area contributed by atoms with Crippen LogP contribution in [0, 0.1) is 28.6 Å². The Hall–Kier alpha value is -1.99.